The number of allylic oxidation sites excluding steroid dienone is 1. The average molecular weight is 525 g/mol. The third-order valence-electron chi connectivity index (χ3n) is 6.78. The summed E-state index contributed by atoms with van der Waals surface area (Å²) in [5.41, 5.74) is 5.54. The zero-order valence-corrected chi connectivity index (χ0v) is 22.8. The Balaban J connectivity index is 1.49. The molecule has 0 bridgehead atoms. The summed E-state index contributed by atoms with van der Waals surface area (Å²) in [6, 6.07) is 22.3. The molecule has 0 saturated carbocycles. The molecule has 1 heterocycles. The van der Waals surface area contributed by atoms with E-state index in [4.69, 9.17) is 9.47 Å². The fourth-order valence-corrected chi connectivity index (χ4v) is 4.44. The normalized spacial score (nSPS) is 14.9. The molecule has 1 atom stereocenters. The molecule has 0 fully saturated rings. The van der Waals surface area contributed by atoms with E-state index in [0.29, 0.717) is 22.7 Å². The monoisotopic (exact) mass is 524 g/mol. The molecule has 7 nitrogen and oxygen atoms in total. The Bertz CT molecular complexity index is 1460. The molecule has 1 aliphatic rings. The van der Waals surface area contributed by atoms with Gasteiger partial charge in [0.05, 0.1) is 24.3 Å². The number of amides is 2. The number of rotatable bonds is 8. The van der Waals surface area contributed by atoms with Crippen molar-refractivity contribution in [2.45, 2.75) is 33.7 Å². The molecule has 2 amide bonds. The third-order valence-corrected chi connectivity index (χ3v) is 6.78. The number of nitrogens with zero attached hydrogens (tertiary/aromatic N) is 1. The van der Waals surface area contributed by atoms with E-state index >= 15 is 0 Å². The molecule has 200 valence electrons. The lowest BCUT2D eigenvalue weighted by Gasteiger charge is -2.19. The van der Waals surface area contributed by atoms with E-state index in [9.17, 15) is 14.4 Å². The lowest BCUT2D eigenvalue weighted by Crippen LogP contribution is -2.31. The van der Waals surface area contributed by atoms with Crippen LogP contribution in [0.5, 0.6) is 5.75 Å². The largest absolute Gasteiger partial charge is 0.484 e. The molecule has 0 unspecified atom stereocenters. The van der Waals surface area contributed by atoms with E-state index in [1.165, 1.54) is 12.0 Å². The minimum atomic E-state index is -0.575. The summed E-state index contributed by atoms with van der Waals surface area (Å²) in [7, 11) is 1.30. The number of aryl methyl sites for hydroxylation is 2. The van der Waals surface area contributed by atoms with Crippen molar-refractivity contribution in [3.63, 3.8) is 0 Å². The number of esters is 1. The van der Waals surface area contributed by atoms with E-state index in [0.717, 1.165) is 16.7 Å². The lowest BCUT2D eigenvalue weighted by atomic mass is 10.0. The predicted octanol–water partition coefficient (Wildman–Crippen LogP) is 5.44. The summed E-state index contributed by atoms with van der Waals surface area (Å²) in [5, 5.41) is 2.92. The van der Waals surface area contributed by atoms with Crippen LogP contribution in [0.2, 0.25) is 0 Å². The highest BCUT2D eigenvalue weighted by Crippen LogP contribution is 2.36. The van der Waals surface area contributed by atoms with Crippen LogP contribution in [0.15, 0.2) is 89.6 Å². The minimum Gasteiger partial charge on any atom is -0.484 e. The average Bonchev–Trinajstić information content (AvgIpc) is 3.18. The van der Waals surface area contributed by atoms with Gasteiger partial charge in [-0.05, 0) is 80.3 Å². The summed E-state index contributed by atoms with van der Waals surface area (Å²) in [6.45, 7) is 7.51. The van der Waals surface area contributed by atoms with Gasteiger partial charge in [-0.25, -0.2) is 4.79 Å². The van der Waals surface area contributed by atoms with Crippen molar-refractivity contribution in [3.05, 3.63) is 112 Å². The number of ether oxygens (including phenoxy) is 2. The van der Waals surface area contributed by atoms with Crippen LogP contribution in [-0.2, 0) is 19.1 Å². The summed E-state index contributed by atoms with van der Waals surface area (Å²) < 4.78 is 10.7. The molecule has 0 saturated heterocycles. The first kappa shape index (κ1) is 27.4. The highest BCUT2D eigenvalue weighted by Gasteiger charge is 2.38. The lowest BCUT2D eigenvalue weighted by molar-refractivity contribution is -0.136. The van der Waals surface area contributed by atoms with Gasteiger partial charge < -0.3 is 14.8 Å². The Morgan fingerprint density at radius 3 is 2.28 bits per heavy atom. The highest BCUT2D eigenvalue weighted by molar-refractivity contribution is 6.23. The maximum atomic E-state index is 13.5. The quantitative estimate of drug-likeness (QED) is 0.314. The van der Waals surface area contributed by atoms with E-state index in [-0.39, 0.29) is 35.6 Å². The van der Waals surface area contributed by atoms with Crippen molar-refractivity contribution in [2.24, 2.45) is 0 Å². The minimum absolute atomic E-state index is 0.130. The Hall–Kier alpha value is -4.65. The van der Waals surface area contributed by atoms with Crippen LogP contribution < -0.4 is 15.0 Å². The molecule has 1 N–H and O–H groups in total. The Morgan fingerprint density at radius 2 is 1.64 bits per heavy atom. The number of methoxy groups -OCH3 is 1. The first-order valence-electron chi connectivity index (χ1n) is 12.7. The number of carbonyl (C=O) groups excluding carboxylic acids is 3. The zero-order valence-electron chi connectivity index (χ0n) is 22.8. The molecule has 0 spiro atoms. The molecule has 1 aliphatic heterocycles. The van der Waals surface area contributed by atoms with E-state index < -0.39 is 5.97 Å². The van der Waals surface area contributed by atoms with Crippen molar-refractivity contribution >= 4 is 29.5 Å². The van der Waals surface area contributed by atoms with Crippen molar-refractivity contribution in [1.29, 1.82) is 0 Å². The molecule has 3 aromatic rings. The maximum absolute atomic E-state index is 13.5. The van der Waals surface area contributed by atoms with E-state index in [1.807, 2.05) is 69.3 Å². The summed E-state index contributed by atoms with van der Waals surface area (Å²) in [4.78, 5) is 40.1. The van der Waals surface area contributed by atoms with Gasteiger partial charge in [0.25, 0.3) is 11.8 Å². The Morgan fingerprint density at radius 1 is 0.949 bits per heavy atom. The van der Waals surface area contributed by atoms with Gasteiger partial charge in [0.1, 0.15) is 5.75 Å². The standard InChI is InChI=1S/C32H32N2O5/c1-20-11-14-26(17-21(20)2)34-23(4)30(32(37)38-5)28(31(34)36)18-24-12-15-27(16-13-24)39-19-29(35)33-22(3)25-9-7-6-8-10-25/h6-18,22H,19H2,1-5H3,(H,33,35)/b28-18-/t22-/m1/s1. The molecule has 0 aliphatic carbocycles. The second-order valence-electron chi connectivity index (χ2n) is 9.48. The van der Waals surface area contributed by atoms with Crippen LogP contribution in [0.25, 0.3) is 6.08 Å². The van der Waals surface area contributed by atoms with Gasteiger partial charge in [-0.15, -0.1) is 0 Å². The molecule has 39 heavy (non-hydrogen) atoms. The fourth-order valence-electron chi connectivity index (χ4n) is 4.44. The van der Waals surface area contributed by atoms with Gasteiger partial charge in [-0.1, -0.05) is 48.5 Å². The molecule has 4 rings (SSSR count). The SMILES string of the molecule is COC(=O)C1=C(C)N(c2ccc(C)c(C)c2)C(=O)/C1=C\c1ccc(OCC(=O)N[C@H](C)c2ccccc2)cc1. The van der Waals surface area contributed by atoms with E-state index in [1.54, 1.807) is 37.3 Å². The molecular weight excluding hydrogens is 492 g/mol. The van der Waals surface area contributed by atoms with Crippen molar-refractivity contribution < 1.29 is 23.9 Å². The number of carbonyl (C=O) groups is 3. The van der Waals surface area contributed by atoms with Crippen LogP contribution in [0.1, 0.15) is 42.1 Å². The first-order chi connectivity index (χ1) is 18.7. The van der Waals surface area contributed by atoms with Gasteiger partial charge >= 0.3 is 5.97 Å². The summed E-state index contributed by atoms with van der Waals surface area (Å²) >= 11 is 0. The molecule has 0 aromatic heterocycles. The number of hydrogen-bond donors (Lipinski definition) is 1. The van der Waals surface area contributed by atoms with Crippen LogP contribution in [-0.4, -0.2) is 31.5 Å². The summed E-state index contributed by atoms with van der Waals surface area (Å²) in [6.07, 6.45) is 1.66. The summed E-state index contributed by atoms with van der Waals surface area (Å²) in [5.74, 6) is -0.604. The fraction of sp³-hybridized carbons (Fsp3) is 0.219. The zero-order chi connectivity index (χ0) is 28.1. The number of nitrogens with one attached hydrogen (secondary N) is 1. The number of benzene rings is 3. The van der Waals surface area contributed by atoms with Crippen LogP contribution in [0, 0.1) is 13.8 Å². The van der Waals surface area contributed by atoms with Crippen LogP contribution in [0.3, 0.4) is 0 Å². The van der Waals surface area contributed by atoms with Crippen molar-refractivity contribution in [3.8, 4) is 5.75 Å². The maximum Gasteiger partial charge on any atom is 0.340 e. The second kappa shape index (κ2) is 11.8. The Kier molecular flexibility index (Phi) is 8.30. The molecule has 0 radical (unpaired) electrons. The van der Waals surface area contributed by atoms with E-state index in [2.05, 4.69) is 5.32 Å². The van der Waals surface area contributed by atoms with Gasteiger partial charge in [0.2, 0.25) is 0 Å². The van der Waals surface area contributed by atoms with Crippen molar-refractivity contribution in [1.82, 2.24) is 5.32 Å². The molecular formula is C32H32N2O5. The molecule has 7 heteroatoms. The van der Waals surface area contributed by atoms with Crippen molar-refractivity contribution in [2.75, 3.05) is 18.6 Å². The second-order valence-corrected chi connectivity index (χ2v) is 9.48. The Labute approximate surface area is 228 Å². The smallest absolute Gasteiger partial charge is 0.340 e. The van der Waals surface area contributed by atoms with Crippen LogP contribution >= 0.6 is 0 Å². The topological polar surface area (TPSA) is 84.9 Å². The van der Waals surface area contributed by atoms with Crippen LogP contribution in [0.4, 0.5) is 5.69 Å². The van der Waals surface area contributed by atoms with Gasteiger partial charge in [-0.2, -0.15) is 0 Å². The van der Waals surface area contributed by atoms with Gasteiger partial charge in [-0.3, -0.25) is 14.5 Å². The number of hydrogen-bond acceptors (Lipinski definition) is 5. The highest BCUT2D eigenvalue weighted by atomic mass is 16.5. The molecule has 3 aromatic carbocycles. The third kappa shape index (κ3) is 6.09. The van der Waals surface area contributed by atoms with Gasteiger partial charge in [0.15, 0.2) is 6.61 Å². The first-order valence-corrected chi connectivity index (χ1v) is 12.7. The van der Waals surface area contributed by atoms with Gasteiger partial charge in [0, 0.05) is 11.4 Å². The predicted molar refractivity (Wildman–Crippen MR) is 151 cm³/mol. The number of anilines is 1.